The van der Waals surface area contributed by atoms with E-state index in [1.807, 2.05) is 26.8 Å². The predicted molar refractivity (Wildman–Crippen MR) is 102 cm³/mol. The van der Waals surface area contributed by atoms with E-state index in [1.54, 1.807) is 12.1 Å². The number of halogens is 1. The van der Waals surface area contributed by atoms with E-state index in [1.165, 1.54) is 17.8 Å². The van der Waals surface area contributed by atoms with Gasteiger partial charge in [0.1, 0.15) is 11.4 Å². The third kappa shape index (κ3) is 4.12. The first-order valence-corrected chi connectivity index (χ1v) is 10.0. The summed E-state index contributed by atoms with van der Waals surface area (Å²) in [4.78, 5) is 17.1. The number of rotatable bonds is 3. The molecular formula is C20H26FNO3S. The van der Waals surface area contributed by atoms with Gasteiger partial charge in [0.05, 0.1) is 23.1 Å². The molecule has 1 aliphatic heterocycles. The van der Waals surface area contributed by atoms with Crippen LogP contribution in [0.4, 0.5) is 4.39 Å². The van der Waals surface area contributed by atoms with Crippen LogP contribution >= 0.6 is 11.8 Å². The van der Waals surface area contributed by atoms with Gasteiger partial charge in [0.25, 0.3) is 0 Å². The SMILES string of the molecule is CC(C)(C)OC(=O)CC1=N[C@@]2(c3ccccc3F)CC[C@@H](O)C[C@H]2CS1. The highest BCUT2D eigenvalue weighted by Crippen LogP contribution is 2.50. The third-order valence-electron chi connectivity index (χ3n) is 4.92. The number of thioether (sulfide) groups is 1. The number of hydrogen-bond donors (Lipinski definition) is 1. The largest absolute Gasteiger partial charge is 0.460 e. The first-order valence-electron chi connectivity index (χ1n) is 9.06. The highest BCUT2D eigenvalue weighted by atomic mass is 32.2. The summed E-state index contributed by atoms with van der Waals surface area (Å²) >= 11 is 1.52. The van der Waals surface area contributed by atoms with Crippen molar-refractivity contribution in [2.45, 2.75) is 63.7 Å². The lowest BCUT2D eigenvalue weighted by Gasteiger charge is -2.46. The molecule has 1 heterocycles. The number of aliphatic imine (C=N–C) groups is 1. The van der Waals surface area contributed by atoms with Crippen LogP contribution in [0.1, 0.15) is 52.0 Å². The second-order valence-corrected chi connectivity index (χ2v) is 9.20. The van der Waals surface area contributed by atoms with Gasteiger partial charge in [0, 0.05) is 17.2 Å². The number of carbonyl (C=O) groups excluding carboxylic acids is 1. The van der Waals surface area contributed by atoms with Crippen LogP contribution in [-0.4, -0.2) is 33.6 Å². The summed E-state index contributed by atoms with van der Waals surface area (Å²) in [6, 6.07) is 6.73. The van der Waals surface area contributed by atoms with Crippen molar-refractivity contribution >= 4 is 22.8 Å². The number of hydrogen-bond acceptors (Lipinski definition) is 5. The Morgan fingerprint density at radius 1 is 1.42 bits per heavy atom. The first kappa shape index (κ1) is 19.4. The summed E-state index contributed by atoms with van der Waals surface area (Å²) in [5.74, 6) is 0.172. The van der Waals surface area contributed by atoms with Gasteiger partial charge in [0.15, 0.2) is 0 Å². The molecule has 1 N–H and O–H groups in total. The van der Waals surface area contributed by atoms with Crippen molar-refractivity contribution in [1.82, 2.24) is 0 Å². The van der Waals surface area contributed by atoms with E-state index in [9.17, 15) is 14.3 Å². The molecular weight excluding hydrogens is 353 g/mol. The summed E-state index contributed by atoms with van der Waals surface area (Å²) in [6.07, 6.45) is 1.50. The Morgan fingerprint density at radius 2 is 2.15 bits per heavy atom. The molecule has 26 heavy (non-hydrogen) atoms. The van der Waals surface area contributed by atoms with Crippen LogP contribution in [0.5, 0.6) is 0 Å². The van der Waals surface area contributed by atoms with Gasteiger partial charge in [-0.2, -0.15) is 0 Å². The van der Waals surface area contributed by atoms with E-state index < -0.39 is 11.1 Å². The molecule has 6 heteroatoms. The van der Waals surface area contributed by atoms with Crippen LogP contribution < -0.4 is 0 Å². The number of ether oxygens (including phenoxy) is 1. The molecule has 1 saturated carbocycles. The molecule has 1 aromatic rings. The van der Waals surface area contributed by atoms with Crippen LogP contribution in [0.25, 0.3) is 0 Å². The van der Waals surface area contributed by atoms with Crippen LogP contribution in [0, 0.1) is 11.7 Å². The van der Waals surface area contributed by atoms with Crippen molar-refractivity contribution in [2.24, 2.45) is 10.9 Å². The zero-order chi connectivity index (χ0) is 18.9. The van der Waals surface area contributed by atoms with E-state index >= 15 is 0 Å². The number of nitrogens with zero attached hydrogens (tertiary/aromatic N) is 1. The fraction of sp³-hybridized carbons (Fsp3) is 0.600. The third-order valence-corrected chi connectivity index (χ3v) is 6.06. The van der Waals surface area contributed by atoms with Crippen LogP contribution in [-0.2, 0) is 15.1 Å². The summed E-state index contributed by atoms with van der Waals surface area (Å²) in [6.45, 7) is 5.50. The fourth-order valence-corrected chi connectivity index (χ4v) is 5.11. The van der Waals surface area contributed by atoms with Crippen molar-refractivity contribution in [3.05, 3.63) is 35.6 Å². The molecule has 0 radical (unpaired) electrons. The summed E-state index contributed by atoms with van der Waals surface area (Å²) in [5.41, 5.74) is -0.677. The smallest absolute Gasteiger partial charge is 0.312 e. The second-order valence-electron chi connectivity index (χ2n) is 8.11. The Kier molecular flexibility index (Phi) is 5.45. The van der Waals surface area contributed by atoms with Crippen molar-refractivity contribution < 1.29 is 19.0 Å². The van der Waals surface area contributed by atoms with E-state index in [-0.39, 0.29) is 30.2 Å². The minimum atomic E-state index is -0.701. The average Bonchev–Trinajstić information content (AvgIpc) is 2.53. The molecule has 0 bridgehead atoms. The molecule has 4 nitrogen and oxygen atoms in total. The maximum atomic E-state index is 14.6. The number of benzene rings is 1. The molecule has 1 aromatic carbocycles. The zero-order valence-corrected chi connectivity index (χ0v) is 16.3. The van der Waals surface area contributed by atoms with Gasteiger partial charge in [-0.3, -0.25) is 9.79 Å². The molecule has 0 aromatic heterocycles. The van der Waals surface area contributed by atoms with Crippen molar-refractivity contribution in [2.75, 3.05) is 5.75 Å². The number of carbonyl (C=O) groups is 1. The van der Waals surface area contributed by atoms with Gasteiger partial charge in [-0.15, -0.1) is 11.8 Å². The van der Waals surface area contributed by atoms with Gasteiger partial charge >= 0.3 is 5.97 Å². The Morgan fingerprint density at radius 3 is 2.85 bits per heavy atom. The van der Waals surface area contributed by atoms with E-state index in [0.29, 0.717) is 35.6 Å². The lowest BCUT2D eigenvalue weighted by Crippen LogP contribution is -2.45. The van der Waals surface area contributed by atoms with Crippen LogP contribution in [0.2, 0.25) is 0 Å². The number of esters is 1. The summed E-state index contributed by atoms with van der Waals surface area (Å²) < 4.78 is 20.0. The maximum Gasteiger partial charge on any atom is 0.312 e. The van der Waals surface area contributed by atoms with Crippen molar-refractivity contribution in [3.8, 4) is 0 Å². The highest BCUT2D eigenvalue weighted by molar-refractivity contribution is 8.14. The number of aliphatic hydroxyl groups excluding tert-OH is 1. The molecule has 1 aliphatic carbocycles. The molecule has 2 aliphatic rings. The van der Waals surface area contributed by atoms with Gasteiger partial charge in [0.2, 0.25) is 0 Å². The molecule has 3 rings (SSSR count). The Hall–Kier alpha value is -1.40. The molecule has 1 fully saturated rings. The van der Waals surface area contributed by atoms with E-state index in [4.69, 9.17) is 9.73 Å². The monoisotopic (exact) mass is 379 g/mol. The molecule has 3 atom stereocenters. The van der Waals surface area contributed by atoms with Gasteiger partial charge < -0.3 is 9.84 Å². The maximum absolute atomic E-state index is 14.6. The zero-order valence-electron chi connectivity index (χ0n) is 15.5. The molecule has 0 unspecified atom stereocenters. The van der Waals surface area contributed by atoms with Crippen LogP contribution in [0.15, 0.2) is 29.3 Å². The average molecular weight is 379 g/mol. The molecule has 0 saturated heterocycles. The fourth-order valence-electron chi connectivity index (χ4n) is 3.86. The van der Waals surface area contributed by atoms with E-state index in [0.717, 1.165) is 0 Å². The minimum Gasteiger partial charge on any atom is -0.460 e. The Balaban J connectivity index is 1.93. The lowest BCUT2D eigenvalue weighted by atomic mass is 9.68. The van der Waals surface area contributed by atoms with Crippen molar-refractivity contribution in [3.63, 3.8) is 0 Å². The van der Waals surface area contributed by atoms with Gasteiger partial charge in [-0.25, -0.2) is 4.39 Å². The van der Waals surface area contributed by atoms with E-state index in [2.05, 4.69) is 0 Å². The summed E-state index contributed by atoms with van der Waals surface area (Å²) in [7, 11) is 0. The predicted octanol–water partition coefficient (Wildman–Crippen LogP) is 4.06. The number of aliphatic hydroxyl groups is 1. The minimum absolute atomic E-state index is 0.0514. The molecule has 0 spiro atoms. The topological polar surface area (TPSA) is 58.9 Å². The Labute approximate surface area is 158 Å². The second kappa shape index (κ2) is 7.31. The summed E-state index contributed by atoms with van der Waals surface area (Å²) in [5, 5.41) is 10.8. The standard InChI is InChI=1S/C20H26FNO3S/c1-19(2,3)25-18(24)11-17-22-20(15-6-4-5-7-16(15)21)9-8-14(23)10-13(20)12-26-17/h4-7,13-14,23H,8-12H2,1-3H3/t13-,14+,20-/m0/s1. The molecule has 0 amide bonds. The Bertz CT molecular complexity index is 715. The van der Waals surface area contributed by atoms with Gasteiger partial charge in [-0.1, -0.05) is 18.2 Å². The van der Waals surface area contributed by atoms with Crippen LogP contribution in [0.3, 0.4) is 0 Å². The lowest BCUT2D eigenvalue weighted by molar-refractivity contribution is -0.153. The normalized spacial score (nSPS) is 28.9. The first-order chi connectivity index (χ1) is 12.2. The molecule has 142 valence electrons. The van der Waals surface area contributed by atoms with Gasteiger partial charge in [-0.05, 0) is 46.1 Å². The highest BCUT2D eigenvalue weighted by Gasteiger charge is 2.48. The quantitative estimate of drug-likeness (QED) is 0.805. The van der Waals surface area contributed by atoms with Crippen molar-refractivity contribution in [1.29, 1.82) is 0 Å². The number of fused-ring (bicyclic) bond motifs is 1.